The van der Waals surface area contributed by atoms with E-state index >= 15 is 0 Å². The first-order valence-corrected chi connectivity index (χ1v) is 6.83. The van der Waals surface area contributed by atoms with Gasteiger partial charge in [-0.2, -0.15) is 0 Å². The van der Waals surface area contributed by atoms with Crippen LogP contribution in [0.25, 0.3) is 22.4 Å². The molecule has 1 aromatic heterocycles. The molecule has 0 amide bonds. The molecule has 3 rings (SSSR count). The second kappa shape index (κ2) is 4.87. The quantitative estimate of drug-likeness (QED) is 0.739. The summed E-state index contributed by atoms with van der Waals surface area (Å²) >= 11 is 9.41. The summed E-state index contributed by atoms with van der Waals surface area (Å²) in [6.07, 6.45) is 0. The molecule has 0 atom stereocenters. The number of nitrogens with zero attached hydrogens (tertiary/aromatic N) is 1. The van der Waals surface area contributed by atoms with Gasteiger partial charge in [0, 0.05) is 16.1 Å². The Bertz CT molecular complexity index is 754. The van der Waals surface area contributed by atoms with Crippen molar-refractivity contribution >= 4 is 38.6 Å². The van der Waals surface area contributed by atoms with Crippen molar-refractivity contribution in [2.75, 3.05) is 7.11 Å². The van der Waals surface area contributed by atoms with E-state index in [9.17, 15) is 0 Å². The van der Waals surface area contributed by atoms with Crippen LogP contribution in [-0.4, -0.2) is 17.1 Å². The van der Waals surface area contributed by atoms with Crippen LogP contribution in [0.3, 0.4) is 0 Å². The third kappa shape index (κ3) is 2.33. The number of rotatable bonds is 2. The van der Waals surface area contributed by atoms with E-state index in [1.54, 1.807) is 7.11 Å². The Hall–Kier alpha value is -1.52. The van der Waals surface area contributed by atoms with Crippen LogP contribution in [0, 0.1) is 0 Å². The topological polar surface area (TPSA) is 37.9 Å². The van der Waals surface area contributed by atoms with E-state index < -0.39 is 0 Å². The maximum Gasteiger partial charge on any atom is 0.138 e. The summed E-state index contributed by atoms with van der Waals surface area (Å²) in [5.41, 5.74) is 2.83. The maximum absolute atomic E-state index is 5.99. The van der Waals surface area contributed by atoms with E-state index in [-0.39, 0.29) is 0 Å². The highest BCUT2D eigenvalue weighted by Gasteiger charge is 2.07. The van der Waals surface area contributed by atoms with Gasteiger partial charge in [-0.3, -0.25) is 0 Å². The zero-order valence-electron chi connectivity index (χ0n) is 10.1. The molecule has 0 radical (unpaired) electrons. The van der Waals surface area contributed by atoms with Gasteiger partial charge in [-0.1, -0.05) is 11.6 Å². The first-order chi connectivity index (χ1) is 9.17. The second-order valence-electron chi connectivity index (χ2n) is 4.10. The minimum absolute atomic E-state index is 0.682. The normalized spacial score (nSPS) is 10.9. The summed E-state index contributed by atoms with van der Waals surface area (Å²) in [6, 6.07) is 11.5. The SMILES string of the molecule is COc1ccc2nc(-c3ccc(Cl)c(Br)c3)[nH]c2c1. The second-order valence-corrected chi connectivity index (χ2v) is 5.36. The average Bonchev–Trinajstić information content (AvgIpc) is 2.84. The van der Waals surface area contributed by atoms with Crippen molar-refractivity contribution in [2.24, 2.45) is 0 Å². The van der Waals surface area contributed by atoms with Crippen LogP contribution in [0.1, 0.15) is 0 Å². The minimum atomic E-state index is 0.682. The lowest BCUT2D eigenvalue weighted by Crippen LogP contribution is -1.81. The molecule has 0 spiro atoms. The predicted molar refractivity (Wildman–Crippen MR) is 80.8 cm³/mol. The number of imidazole rings is 1. The Morgan fingerprint density at radius 2 is 2.05 bits per heavy atom. The molecule has 0 aliphatic heterocycles. The van der Waals surface area contributed by atoms with Crippen molar-refractivity contribution in [2.45, 2.75) is 0 Å². The number of benzene rings is 2. The number of aromatic nitrogens is 2. The zero-order chi connectivity index (χ0) is 13.4. The molecule has 3 nitrogen and oxygen atoms in total. The molecule has 0 saturated heterocycles. The summed E-state index contributed by atoms with van der Waals surface area (Å²) in [5, 5.41) is 0.682. The Morgan fingerprint density at radius 3 is 2.79 bits per heavy atom. The fourth-order valence-corrected chi connectivity index (χ4v) is 2.39. The van der Waals surface area contributed by atoms with Crippen LogP contribution in [0.15, 0.2) is 40.9 Å². The van der Waals surface area contributed by atoms with Crippen molar-refractivity contribution in [3.8, 4) is 17.1 Å². The highest BCUT2D eigenvalue weighted by atomic mass is 79.9. The molecular weight excluding hydrogens is 328 g/mol. The van der Waals surface area contributed by atoms with Gasteiger partial charge in [-0.15, -0.1) is 0 Å². The summed E-state index contributed by atoms with van der Waals surface area (Å²) in [5.74, 6) is 1.61. The predicted octanol–water partition coefficient (Wildman–Crippen LogP) is 4.65. The van der Waals surface area contributed by atoms with Crippen molar-refractivity contribution in [3.05, 3.63) is 45.9 Å². The number of hydrogen-bond donors (Lipinski definition) is 1. The van der Waals surface area contributed by atoms with E-state index in [1.807, 2.05) is 36.4 Å². The third-order valence-corrected chi connectivity index (χ3v) is 4.10. The van der Waals surface area contributed by atoms with Gasteiger partial charge in [0.2, 0.25) is 0 Å². The zero-order valence-corrected chi connectivity index (χ0v) is 12.4. The fourth-order valence-electron chi connectivity index (χ4n) is 1.90. The van der Waals surface area contributed by atoms with Crippen LogP contribution < -0.4 is 4.74 Å². The molecule has 0 saturated carbocycles. The fraction of sp³-hybridized carbons (Fsp3) is 0.0714. The Labute approximate surface area is 123 Å². The standard InChI is InChI=1S/C14H10BrClN2O/c1-19-9-3-5-12-13(7-9)18-14(17-12)8-2-4-11(16)10(15)6-8/h2-7H,1H3,(H,17,18). The number of methoxy groups -OCH3 is 1. The summed E-state index contributed by atoms with van der Waals surface area (Å²) in [6.45, 7) is 0. The number of H-pyrrole nitrogens is 1. The maximum atomic E-state index is 5.99. The number of fused-ring (bicyclic) bond motifs is 1. The minimum Gasteiger partial charge on any atom is -0.497 e. The van der Waals surface area contributed by atoms with Crippen LogP contribution in [-0.2, 0) is 0 Å². The lowest BCUT2D eigenvalue weighted by molar-refractivity contribution is 0.415. The summed E-state index contributed by atoms with van der Waals surface area (Å²) < 4.78 is 6.05. The smallest absolute Gasteiger partial charge is 0.138 e. The van der Waals surface area contributed by atoms with Gasteiger partial charge in [-0.25, -0.2) is 4.98 Å². The molecule has 96 valence electrons. The first-order valence-electron chi connectivity index (χ1n) is 5.66. The van der Waals surface area contributed by atoms with Gasteiger partial charge >= 0.3 is 0 Å². The van der Waals surface area contributed by atoms with E-state index in [1.165, 1.54) is 0 Å². The van der Waals surface area contributed by atoms with E-state index in [4.69, 9.17) is 16.3 Å². The molecule has 3 aromatic rings. The molecule has 5 heteroatoms. The molecule has 1 heterocycles. The van der Waals surface area contributed by atoms with Crippen LogP contribution in [0.5, 0.6) is 5.75 Å². The lowest BCUT2D eigenvalue weighted by Gasteiger charge is -1.99. The van der Waals surface area contributed by atoms with Crippen LogP contribution in [0.2, 0.25) is 5.02 Å². The highest BCUT2D eigenvalue weighted by molar-refractivity contribution is 9.10. The van der Waals surface area contributed by atoms with E-state index in [2.05, 4.69) is 25.9 Å². The molecule has 2 aromatic carbocycles. The van der Waals surface area contributed by atoms with Gasteiger partial charge in [0.1, 0.15) is 11.6 Å². The van der Waals surface area contributed by atoms with Crippen molar-refractivity contribution in [1.29, 1.82) is 0 Å². The molecule has 0 unspecified atom stereocenters. The van der Waals surface area contributed by atoms with Crippen molar-refractivity contribution < 1.29 is 4.74 Å². The Balaban J connectivity index is 2.11. The van der Waals surface area contributed by atoms with Gasteiger partial charge < -0.3 is 9.72 Å². The number of hydrogen-bond acceptors (Lipinski definition) is 2. The van der Waals surface area contributed by atoms with Gasteiger partial charge in [-0.05, 0) is 46.3 Å². The van der Waals surface area contributed by atoms with E-state index in [0.29, 0.717) is 5.02 Å². The monoisotopic (exact) mass is 336 g/mol. The van der Waals surface area contributed by atoms with Crippen LogP contribution >= 0.6 is 27.5 Å². The highest BCUT2D eigenvalue weighted by Crippen LogP contribution is 2.29. The third-order valence-electron chi connectivity index (χ3n) is 2.88. The van der Waals surface area contributed by atoms with Crippen molar-refractivity contribution in [3.63, 3.8) is 0 Å². The van der Waals surface area contributed by atoms with Crippen LogP contribution in [0.4, 0.5) is 0 Å². The Kier molecular flexibility index (Phi) is 3.21. The molecule has 0 aliphatic carbocycles. The summed E-state index contributed by atoms with van der Waals surface area (Å²) in [4.78, 5) is 7.83. The van der Waals surface area contributed by atoms with Gasteiger partial charge in [0.05, 0.1) is 23.2 Å². The Morgan fingerprint density at radius 1 is 1.21 bits per heavy atom. The molecule has 19 heavy (non-hydrogen) atoms. The van der Waals surface area contributed by atoms with Crippen molar-refractivity contribution in [1.82, 2.24) is 9.97 Å². The lowest BCUT2D eigenvalue weighted by atomic mass is 10.2. The summed E-state index contributed by atoms with van der Waals surface area (Å²) in [7, 11) is 1.65. The van der Waals surface area contributed by atoms with Gasteiger partial charge in [0.25, 0.3) is 0 Å². The number of nitrogens with one attached hydrogen (secondary N) is 1. The number of ether oxygens (including phenoxy) is 1. The number of aromatic amines is 1. The molecular formula is C14H10BrClN2O. The average molecular weight is 338 g/mol. The molecule has 0 fully saturated rings. The van der Waals surface area contributed by atoms with E-state index in [0.717, 1.165) is 32.6 Å². The number of halogens is 2. The van der Waals surface area contributed by atoms with Gasteiger partial charge in [0.15, 0.2) is 0 Å². The molecule has 0 bridgehead atoms. The first kappa shape index (κ1) is 12.5. The molecule has 0 aliphatic rings. The molecule has 1 N–H and O–H groups in total. The largest absolute Gasteiger partial charge is 0.497 e.